The Balaban J connectivity index is 2.28. The summed E-state index contributed by atoms with van der Waals surface area (Å²) in [7, 11) is 0. The summed E-state index contributed by atoms with van der Waals surface area (Å²) in [5.41, 5.74) is 6.08. The molecule has 2 heterocycles. The molecule has 8 nitrogen and oxygen atoms in total. The molecule has 0 bridgehead atoms. The Morgan fingerprint density at radius 3 is 3.00 bits per heavy atom. The van der Waals surface area contributed by atoms with Gasteiger partial charge in [-0.1, -0.05) is 11.6 Å². The average Bonchev–Trinajstić information content (AvgIpc) is 2.73. The maximum atomic E-state index is 9.79. The van der Waals surface area contributed by atoms with Crippen LogP contribution in [0, 0.1) is 0 Å². The van der Waals surface area contributed by atoms with Crippen LogP contribution in [0.15, 0.2) is 6.33 Å². The Morgan fingerprint density at radius 1 is 1.50 bits per heavy atom. The van der Waals surface area contributed by atoms with Crippen molar-refractivity contribution in [2.75, 3.05) is 18.9 Å². The second kappa shape index (κ2) is 5.44. The smallest absolute Gasteiger partial charge is 0.244 e. The molecular formula is C9H12ClN5O3. The lowest BCUT2D eigenvalue weighted by molar-refractivity contribution is -0.152. The van der Waals surface area contributed by atoms with Crippen molar-refractivity contribution in [3.8, 4) is 0 Å². The predicted octanol–water partition coefficient (Wildman–Crippen LogP) is -0.0907. The van der Waals surface area contributed by atoms with Crippen LogP contribution in [0.5, 0.6) is 0 Å². The van der Waals surface area contributed by atoms with E-state index in [9.17, 15) is 5.11 Å². The molecule has 18 heavy (non-hydrogen) atoms. The molecule has 9 heteroatoms. The van der Waals surface area contributed by atoms with Crippen LogP contribution < -0.4 is 5.73 Å². The molecule has 0 saturated heterocycles. The minimum atomic E-state index is -1.27. The maximum Gasteiger partial charge on any atom is 0.244 e. The summed E-state index contributed by atoms with van der Waals surface area (Å²) < 4.78 is 6.36. The molecule has 0 spiro atoms. The largest absolute Gasteiger partial charge is 0.396 e. The number of imidazole rings is 1. The normalized spacial score (nSPS) is 13.1. The number of hydrogen-bond acceptors (Lipinski definition) is 7. The molecule has 0 radical (unpaired) electrons. The van der Waals surface area contributed by atoms with Crippen molar-refractivity contribution >= 4 is 28.7 Å². The van der Waals surface area contributed by atoms with Gasteiger partial charge < -0.3 is 20.7 Å². The van der Waals surface area contributed by atoms with E-state index in [0.29, 0.717) is 11.9 Å². The average molecular weight is 274 g/mol. The van der Waals surface area contributed by atoms with Gasteiger partial charge in [0.2, 0.25) is 12.4 Å². The van der Waals surface area contributed by atoms with Crippen LogP contribution >= 0.6 is 11.6 Å². The molecule has 0 aliphatic heterocycles. The molecule has 0 fully saturated rings. The van der Waals surface area contributed by atoms with Crippen LogP contribution in [-0.4, -0.2) is 42.9 Å². The first kappa shape index (κ1) is 13.0. The predicted molar refractivity (Wildman–Crippen MR) is 63.7 cm³/mol. The highest BCUT2D eigenvalue weighted by molar-refractivity contribution is 6.33. The van der Waals surface area contributed by atoms with Crippen LogP contribution in [0.4, 0.5) is 5.95 Å². The number of nitrogens with two attached hydrogens (primary N) is 1. The van der Waals surface area contributed by atoms with E-state index < -0.39 is 6.41 Å². The number of nitrogen functional groups attached to an aromatic ring is 1. The lowest BCUT2D eigenvalue weighted by Crippen LogP contribution is -2.13. The zero-order valence-corrected chi connectivity index (χ0v) is 10.1. The summed E-state index contributed by atoms with van der Waals surface area (Å²) in [6.07, 6.45) is 0.475. The van der Waals surface area contributed by atoms with Gasteiger partial charge in [-0.3, -0.25) is 4.57 Å². The second-order valence-electron chi connectivity index (χ2n) is 3.47. The Hall–Kier alpha value is -1.48. The third kappa shape index (κ3) is 2.51. The van der Waals surface area contributed by atoms with Gasteiger partial charge in [-0.05, 0) is 6.42 Å². The SMILES string of the molecule is Nc1nc(Cl)c2ncn(C(O)OCCCO)c2n1. The minimum absolute atomic E-state index is 0.0155. The van der Waals surface area contributed by atoms with Gasteiger partial charge in [0.1, 0.15) is 11.8 Å². The van der Waals surface area contributed by atoms with Crippen molar-refractivity contribution in [2.45, 2.75) is 12.8 Å². The van der Waals surface area contributed by atoms with Gasteiger partial charge >= 0.3 is 0 Å². The van der Waals surface area contributed by atoms with Crippen LogP contribution in [0.2, 0.25) is 5.15 Å². The summed E-state index contributed by atoms with van der Waals surface area (Å²) in [4.78, 5) is 11.7. The zero-order valence-electron chi connectivity index (χ0n) is 9.32. The van der Waals surface area contributed by atoms with Gasteiger partial charge in [-0.25, -0.2) is 4.98 Å². The van der Waals surface area contributed by atoms with Crippen molar-refractivity contribution in [2.24, 2.45) is 0 Å². The van der Waals surface area contributed by atoms with Crippen molar-refractivity contribution < 1.29 is 14.9 Å². The van der Waals surface area contributed by atoms with Gasteiger partial charge in [-0.2, -0.15) is 9.97 Å². The van der Waals surface area contributed by atoms with E-state index >= 15 is 0 Å². The molecule has 2 aromatic heterocycles. The second-order valence-corrected chi connectivity index (χ2v) is 3.83. The van der Waals surface area contributed by atoms with Gasteiger partial charge in [-0.15, -0.1) is 0 Å². The number of aromatic nitrogens is 4. The molecule has 0 amide bonds. The Labute approximate surface area is 107 Å². The van der Waals surface area contributed by atoms with E-state index in [1.807, 2.05) is 0 Å². The standard InChI is InChI=1S/C9H12ClN5O3/c10-6-5-7(14-8(11)13-6)15(4-12-5)9(17)18-3-1-2-16/h4,9,16-17H,1-3H2,(H2,11,13,14). The lowest BCUT2D eigenvalue weighted by Gasteiger charge is -2.13. The Morgan fingerprint density at radius 2 is 2.28 bits per heavy atom. The fourth-order valence-electron chi connectivity index (χ4n) is 1.39. The summed E-state index contributed by atoms with van der Waals surface area (Å²) in [6.45, 7) is 0.185. The number of halogens is 1. The number of fused-ring (bicyclic) bond motifs is 1. The summed E-state index contributed by atoms with van der Waals surface area (Å²) in [5, 5.41) is 18.5. The van der Waals surface area contributed by atoms with Crippen molar-refractivity contribution in [1.29, 1.82) is 0 Å². The molecule has 4 N–H and O–H groups in total. The zero-order chi connectivity index (χ0) is 13.1. The third-order valence-corrected chi connectivity index (χ3v) is 2.47. The fourth-order valence-corrected chi connectivity index (χ4v) is 1.61. The highest BCUT2D eigenvalue weighted by Crippen LogP contribution is 2.21. The van der Waals surface area contributed by atoms with E-state index in [2.05, 4.69) is 15.0 Å². The van der Waals surface area contributed by atoms with Gasteiger partial charge in [0.15, 0.2) is 10.8 Å². The highest BCUT2D eigenvalue weighted by Gasteiger charge is 2.15. The van der Waals surface area contributed by atoms with E-state index in [1.54, 1.807) is 0 Å². The van der Waals surface area contributed by atoms with Crippen molar-refractivity contribution in [3.05, 3.63) is 11.5 Å². The third-order valence-electron chi connectivity index (χ3n) is 2.20. The monoisotopic (exact) mass is 273 g/mol. The van der Waals surface area contributed by atoms with E-state index in [-0.39, 0.29) is 30.0 Å². The number of hydrogen-bond donors (Lipinski definition) is 3. The summed E-state index contributed by atoms with van der Waals surface area (Å²) >= 11 is 5.84. The number of aliphatic hydroxyl groups excluding tert-OH is 2. The molecule has 2 rings (SSSR count). The van der Waals surface area contributed by atoms with Gasteiger partial charge in [0.25, 0.3) is 0 Å². The maximum absolute atomic E-state index is 9.79. The highest BCUT2D eigenvalue weighted by atomic mass is 35.5. The Kier molecular flexibility index (Phi) is 3.92. The van der Waals surface area contributed by atoms with Crippen molar-refractivity contribution in [3.63, 3.8) is 0 Å². The van der Waals surface area contributed by atoms with Crippen LogP contribution in [0.3, 0.4) is 0 Å². The van der Waals surface area contributed by atoms with E-state index in [0.717, 1.165) is 0 Å². The molecule has 0 saturated carbocycles. The molecule has 0 aromatic carbocycles. The topological polar surface area (TPSA) is 119 Å². The minimum Gasteiger partial charge on any atom is -0.396 e. The number of ether oxygens (including phenoxy) is 1. The summed E-state index contributed by atoms with van der Waals surface area (Å²) in [5.74, 6) is -0.0168. The van der Waals surface area contributed by atoms with Crippen molar-refractivity contribution in [1.82, 2.24) is 19.5 Å². The molecule has 0 aliphatic carbocycles. The fraction of sp³-hybridized carbons (Fsp3) is 0.444. The van der Waals surface area contributed by atoms with E-state index in [4.69, 9.17) is 27.2 Å². The van der Waals surface area contributed by atoms with Gasteiger partial charge in [0, 0.05) is 6.61 Å². The molecular weight excluding hydrogens is 262 g/mol. The number of aliphatic hydroxyl groups is 2. The van der Waals surface area contributed by atoms with Gasteiger partial charge in [0.05, 0.1) is 6.61 Å². The first-order valence-corrected chi connectivity index (χ1v) is 5.57. The van der Waals surface area contributed by atoms with E-state index in [1.165, 1.54) is 10.9 Å². The number of nitrogens with zero attached hydrogens (tertiary/aromatic N) is 4. The molecule has 2 aromatic rings. The molecule has 1 atom stereocenters. The quantitative estimate of drug-likeness (QED) is 0.395. The first-order valence-electron chi connectivity index (χ1n) is 5.19. The van der Waals surface area contributed by atoms with Crippen LogP contribution in [0.1, 0.15) is 12.8 Å². The van der Waals surface area contributed by atoms with Crippen LogP contribution in [-0.2, 0) is 4.74 Å². The first-order chi connectivity index (χ1) is 8.63. The lowest BCUT2D eigenvalue weighted by atomic mass is 10.5. The number of anilines is 1. The molecule has 0 aliphatic rings. The Bertz CT molecular complexity index is 546. The van der Waals surface area contributed by atoms with Crippen LogP contribution in [0.25, 0.3) is 11.2 Å². The molecule has 98 valence electrons. The number of rotatable bonds is 5. The molecule has 1 unspecified atom stereocenters. The summed E-state index contributed by atoms with van der Waals surface area (Å²) in [6, 6.07) is 0.